The third-order valence-corrected chi connectivity index (χ3v) is 6.18. The maximum atomic E-state index is 5.93. The van der Waals surface area contributed by atoms with E-state index < -0.39 is 0 Å². The molecule has 1 aromatic rings. The van der Waals surface area contributed by atoms with Crippen molar-refractivity contribution in [1.29, 1.82) is 0 Å². The Labute approximate surface area is 193 Å². The van der Waals surface area contributed by atoms with Gasteiger partial charge >= 0.3 is 0 Å². The number of allylic oxidation sites excluding steroid dienone is 1. The maximum Gasteiger partial charge on any atom is 0.137 e. The lowest BCUT2D eigenvalue weighted by molar-refractivity contribution is 0.118. The number of nitrogens with zero attached hydrogens (tertiary/aromatic N) is 3. The van der Waals surface area contributed by atoms with E-state index in [1.165, 1.54) is 0 Å². The van der Waals surface area contributed by atoms with Crippen LogP contribution >= 0.6 is 0 Å². The van der Waals surface area contributed by atoms with Crippen LogP contribution in [0.2, 0.25) is 0 Å². The van der Waals surface area contributed by atoms with Crippen LogP contribution in [0.5, 0.6) is 0 Å². The van der Waals surface area contributed by atoms with Crippen LogP contribution in [0.15, 0.2) is 12.3 Å². The quantitative estimate of drug-likeness (QED) is 0.308. The predicted octanol–water partition coefficient (Wildman–Crippen LogP) is 1.69. The van der Waals surface area contributed by atoms with Gasteiger partial charge in [0, 0.05) is 44.0 Å². The molecular formula is C23H44N8O. The van der Waals surface area contributed by atoms with E-state index in [9.17, 15) is 0 Å². The van der Waals surface area contributed by atoms with Gasteiger partial charge < -0.3 is 26.4 Å². The van der Waals surface area contributed by atoms with Gasteiger partial charge in [-0.05, 0) is 46.5 Å². The number of piperazine rings is 1. The second-order valence-corrected chi connectivity index (χ2v) is 9.09. The second-order valence-electron chi connectivity index (χ2n) is 9.09. The van der Waals surface area contributed by atoms with E-state index in [0.29, 0.717) is 19.3 Å². The number of anilines is 1. The Kier molecular flexibility index (Phi) is 9.36. The zero-order chi connectivity index (χ0) is 23.1. The summed E-state index contributed by atoms with van der Waals surface area (Å²) in [5.74, 6) is 0. The Morgan fingerprint density at radius 2 is 2.22 bits per heavy atom. The fourth-order valence-electron chi connectivity index (χ4n) is 4.52. The number of hydrogen-bond acceptors (Lipinski definition) is 8. The van der Waals surface area contributed by atoms with E-state index in [1.54, 1.807) is 0 Å². The molecule has 32 heavy (non-hydrogen) atoms. The topological polar surface area (TPSA) is 104 Å². The Bertz CT molecular complexity index is 734. The lowest BCUT2D eigenvalue weighted by Gasteiger charge is -2.43. The zero-order valence-electron chi connectivity index (χ0n) is 20.4. The van der Waals surface area contributed by atoms with Gasteiger partial charge in [0.05, 0.1) is 30.2 Å². The molecule has 0 aromatic carbocycles. The number of aromatic nitrogens is 2. The minimum Gasteiger partial charge on any atom is -0.380 e. The first kappa shape index (κ1) is 25.0. The van der Waals surface area contributed by atoms with Gasteiger partial charge in [-0.2, -0.15) is 5.10 Å². The van der Waals surface area contributed by atoms with Crippen LogP contribution in [0, 0.1) is 0 Å². The highest BCUT2D eigenvalue weighted by Gasteiger charge is 2.35. The number of fused-ring (bicyclic) bond motifs is 1. The molecule has 0 radical (unpaired) electrons. The number of nitrogens with one attached hydrogen (secondary N) is 4. The van der Waals surface area contributed by atoms with Crippen molar-refractivity contribution in [3.05, 3.63) is 23.7 Å². The molecule has 4 atom stereocenters. The van der Waals surface area contributed by atoms with Crippen molar-refractivity contribution in [2.45, 2.75) is 84.5 Å². The summed E-state index contributed by atoms with van der Waals surface area (Å²) in [6.45, 7) is 17.8. The lowest BCUT2D eigenvalue weighted by Crippen LogP contribution is -2.62. The van der Waals surface area contributed by atoms with E-state index >= 15 is 0 Å². The largest absolute Gasteiger partial charge is 0.380 e. The monoisotopic (exact) mass is 448 g/mol. The smallest absolute Gasteiger partial charge is 0.137 e. The molecule has 182 valence electrons. The first-order valence-electron chi connectivity index (χ1n) is 12.3. The fourth-order valence-corrected chi connectivity index (χ4v) is 4.52. The molecule has 0 saturated carbocycles. The first-order chi connectivity index (χ1) is 15.4. The molecule has 0 amide bonds. The van der Waals surface area contributed by atoms with Crippen molar-refractivity contribution in [2.75, 3.05) is 38.2 Å². The predicted molar refractivity (Wildman–Crippen MR) is 130 cm³/mol. The molecule has 1 saturated heterocycles. The van der Waals surface area contributed by atoms with Gasteiger partial charge in [-0.3, -0.25) is 14.9 Å². The van der Waals surface area contributed by atoms with Crippen LogP contribution in [-0.4, -0.2) is 65.9 Å². The summed E-state index contributed by atoms with van der Waals surface area (Å²) in [6.07, 6.45) is 3.79. The van der Waals surface area contributed by atoms with Crippen LogP contribution in [-0.2, 0) is 17.7 Å². The Morgan fingerprint density at radius 3 is 2.91 bits per heavy atom. The van der Waals surface area contributed by atoms with E-state index in [4.69, 9.17) is 15.6 Å². The van der Waals surface area contributed by atoms with Crippen LogP contribution < -0.4 is 27.0 Å². The van der Waals surface area contributed by atoms with Crippen molar-refractivity contribution < 1.29 is 4.74 Å². The summed E-state index contributed by atoms with van der Waals surface area (Å²) in [4.78, 5) is 2.47. The molecule has 0 aliphatic carbocycles. The highest BCUT2D eigenvalue weighted by atomic mass is 16.5. The Hall–Kier alpha value is -1.65. The molecule has 1 fully saturated rings. The number of ether oxygens (including phenoxy) is 1. The zero-order valence-corrected chi connectivity index (χ0v) is 20.4. The number of hydrogen-bond donors (Lipinski definition) is 5. The summed E-state index contributed by atoms with van der Waals surface area (Å²) >= 11 is 0. The van der Waals surface area contributed by atoms with Crippen LogP contribution in [0.1, 0.15) is 64.5 Å². The molecule has 3 unspecified atom stereocenters. The van der Waals surface area contributed by atoms with Crippen LogP contribution in [0.25, 0.3) is 0 Å². The average Bonchev–Trinajstić information content (AvgIpc) is 3.11. The molecule has 3 rings (SSSR count). The fraction of sp³-hybridized carbons (Fsp3) is 0.783. The van der Waals surface area contributed by atoms with E-state index in [-0.39, 0.29) is 18.5 Å². The highest BCUT2D eigenvalue weighted by molar-refractivity contribution is 5.57. The summed E-state index contributed by atoms with van der Waals surface area (Å²) in [6, 6.07) is 0.686. The SMILES string of the molecule is C=C(CCCC(C)N)NC1NC(N2CCN[C@H](C)C2)Nc2c(CC)nn(CCOCC)c21. The standard InChI is InChI=1S/C23H44N8O/c1-6-19-20-21(31(29-19)13-14-32-7-2)22(26-17(4)10-8-9-16(3)24)28-23(27-20)30-12-11-25-18(5)15-30/h16,18,22-23,25-28H,4,6-15,24H2,1-3,5H3/t16?,18-,22?,23?/m1/s1. The van der Waals surface area contributed by atoms with Crippen molar-refractivity contribution in [1.82, 2.24) is 30.6 Å². The molecule has 3 heterocycles. The third-order valence-electron chi connectivity index (χ3n) is 6.18. The molecular weight excluding hydrogens is 404 g/mol. The molecule has 1 aromatic heterocycles. The van der Waals surface area contributed by atoms with Gasteiger partial charge in [0.2, 0.25) is 0 Å². The number of rotatable bonds is 12. The van der Waals surface area contributed by atoms with E-state index in [2.05, 4.69) is 58.2 Å². The van der Waals surface area contributed by atoms with E-state index in [0.717, 1.165) is 74.6 Å². The van der Waals surface area contributed by atoms with Gasteiger partial charge in [-0.15, -0.1) is 0 Å². The van der Waals surface area contributed by atoms with Gasteiger partial charge in [-0.1, -0.05) is 13.5 Å². The number of aryl methyl sites for hydroxylation is 1. The molecule has 0 bridgehead atoms. The van der Waals surface area contributed by atoms with Crippen molar-refractivity contribution in [3.8, 4) is 0 Å². The summed E-state index contributed by atoms with van der Waals surface area (Å²) in [5, 5.41) is 19.7. The van der Waals surface area contributed by atoms with Crippen LogP contribution in [0.4, 0.5) is 5.69 Å². The second kappa shape index (κ2) is 12.0. The minimum atomic E-state index is -0.0707. The first-order valence-corrected chi connectivity index (χ1v) is 12.3. The Morgan fingerprint density at radius 1 is 1.41 bits per heavy atom. The highest BCUT2D eigenvalue weighted by Crippen LogP contribution is 2.32. The van der Waals surface area contributed by atoms with E-state index in [1.807, 2.05) is 6.92 Å². The van der Waals surface area contributed by atoms with Crippen molar-refractivity contribution >= 4 is 5.69 Å². The van der Waals surface area contributed by atoms with Gasteiger partial charge in [0.15, 0.2) is 0 Å². The normalized spacial score (nSPS) is 24.6. The number of nitrogens with two attached hydrogens (primary N) is 1. The molecule has 9 heteroatoms. The van der Waals surface area contributed by atoms with Crippen LogP contribution in [0.3, 0.4) is 0 Å². The summed E-state index contributed by atoms with van der Waals surface area (Å²) in [5.41, 5.74) is 10.3. The third kappa shape index (κ3) is 6.45. The Balaban J connectivity index is 1.82. The average molecular weight is 449 g/mol. The van der Waals surface area contributed by atoms with Crippen molar-refractivity contribution in [3.63, 3.8) is 0 Å². The molecule has 2 aliphatic rings. The minimum absolute atomic E-state index is 0.0382. The molecule has 9 nitrogen and oxygen atoms in total. The maximum absolute atomic E-state index is 5.93. The molecule has 2 aliphatic heterocycles. The lowest BCUT2D eigenvalue weighted by atomic mass is 10.1. The van der Waals surface area contributed by atoms with Gasteiger partial charge in [-0.25, -0.2) is 0 Å². The van der Waals surface area contributed by atoms with Gasteiger partial charge in [0.25, 0.3) is 0 Å². The van der Waals surface area contributed by atoms with Crippen molar-refractivity contribution in [2.24, 2.45) is 5.73 Å². The van der Waals surface area contributed by atoms with Gasteiger partial charge in [0.1, 0.15) is 12.5 Å². The molecule has 0 spiro atoms. The summed E-state index contributed by atoms with van der Waals surface area (Å²) in [7, 11) is 0. The summed E-state index contributed by atoms with van der Waals surface area (Å²) < 4.78 is 7.72. The molecule has 6 N–H and O–H groups in total.